The van der Waals surface area contributed by atoms with Crippen molar-refractivity contribution in [1.29, 1.82) is 0 Å². The second-order valence-corrected chi connectivity index (χ2v) is 6.69. The lowest BCUT2D eigenvalue weighted by atomic mass is 10.2. The number of halogens is 1. The van der Waals surface area contributed by atoms with Crippen molar-refractivity contribution >= 4 is 35.5 Å². The molecular formula is C24H25ClN2O4. The Kier molecular flexibility index (Phi) is 11.9. The normalized spacial score (nSPS) is 9.26. The number of carbonyl (C=O) groups is 3. The molecule has 0 heterocycles. The van der Waals surface area contributed by atoms with Gasteiger partial charge in [-0.15, -0.1) is 0 Å². The van der Waals surface area contributed by atoms with Gasteiger partial charge in [0.05, 0.1) is 5.56 Å². The van der Waals surface area contributed by atoms with Gasteiger partial charge in [0.25, 0.3) is 0 Å². The zero-order valence-corrected chi connectivity index (χ0v) is 17.9. The maximum atomic E-state index is 10.6. The van der Waals surface area contributed by atoms with Gasteiger partial charge in [0.1, 0.15) is 6.29 Å². The highest BCUT2D eigenvalue weighted by Crippen LogP contribution is 2.09. The maximum absolute atomic E-state index is 10.6. The molecule has 0 bridgehead atoms. The minimum atomic E-state index is -0.934. The molecule has 0 atom stereocenters. The van der Waals surface area contributed by atoms with Crippen LogP contribution in [0.3, 0.4) is 0 Å². The average Bonchev–Trinajstić information content (AvgIpc) is 2.76. The zero-order valence-electron chi connectivity index (χ0n) is 17.1. The van der Waals surface area contributed by atoms with Crippen LogP contribution in [0.5, 0.6) is 0 Å². The topological polar surface area (TPSA) is 109 Å². The number of nitrogens with one attached hydrogen (secondary N) is 1. The first-order valence-electron chi connectivity index (χ1n) is 9.41. The molecule has 0 saturated carbocycles. The fraction of sp³-hybridized carbons (Fsp3) is 0.125. The molecule has 0 fully saturated rings. The molecule has 3 rings (SSSR count). The van der Waals surface area contributed by atoms with Crippen LogP contribution in [-0.2, 0) is 11.2 Å². The quantitative estimate of drug-likeness (QED) is 0.499. The molecule has 0 spiro atoms. The van der Waals surface area contributed by atoms with E-state index in [1.165, 1.54) is 24.6 Å². The van der Waals surface area contributed by atoms with Crippen LogP contribution in [-0.4, -0.2) is 29.8 Å². The Balaban J connectivity index is 0.000000235. The summed E-state index contributed by atoms with van der Waals surface area (Å²) in [5.74, 6) is -1.05. The van der Waals surface area contributed by atoms with Gasteiger partial charge < -0.3 is 16.2 Å². The average molecular weight is 441 g/mol. The Hall–Kier alpha value is -3.48. The summed E-state index contributed by atoms with van der Waals surface area (Å²) in [5, 5.41) is 11.6. The van der Waals surface area contributed by atoms with Crippen molar-refractivity contribution in [2.45, 2.75) is 13.3 Å². The van der Waals surface area contributed by atoms with E-state index in [1.807, 2.05) is 18.2 Å². The highest BCUT2D eigenvalue weighted by molar-refractivity contribution is 6.30. The molecule has 0 aromatic heterocycles. The summed E-state index contributed by atoms with van der Waals surface area (Å²) in [6, 6.07) is 23.0. The molecule has 0 saturated heterocycles. The van der Waals surface area contributed by atoms with Crippen LogP contribution in [0.4, 0.5) is 5.69 Å². The van der Waals surface area contributed by atoms with Crippen molar-refractivity contribution in [3.63, 3.8) is 0 Å². The molecule has 0 aliphatic heterocycles. The van der Waals surface area contributed by atoms with Gasteiger partial charge in [-0.05, 0) is 67.1 Å². The van der Waals surface area contributed by atoms with E-state index in [0.29, 0.717) is 16.3 Å². The standard InChI is InChI=1S/C9H9NO2.C8H11N.C7H5ClO2/c1-7(12)10-9-4-2-8(6-11)3-5-9;9-7-6-8-4-2-1-3-5-8;8-6-3-1-5(2-4-6)7(9)10/h2-6H,1H3,(H,10,12);1-5H,6-7,9H2;1-4H,(H,9,10). The number of carboxylic acids is 1. The minimum Gasteiger partial charge on any atom is -0.478 e. The molecule has 7 heteroatoms. The van der Waals surface area contributed by atoms with Gasteiger partial charge in [-0.3, -0.25) is 9.59 Å². The lowest BCUT2D eigenvalue weighted by Gasteiger charge is -2.00. The Morgan fingerprint density at radius 3 is 2.00 bits per heavy atom. The van der Waals surface area contributed by atoms with Gasteiger partial charge in [-0.2, -0.15) is 0 Å². The number of nitrogens with two attached hydrogens (primary N) is 1. The van der Waals surface area contributed by atoms with Crippen molar-refractivity contribution in [1.82, 2.24) is 0 Å². The second kappa shape index (κ2) is 14.5. The SMILES string of the molecule is CC(=O)Nc1ccc(C=O)cc1.NCCc1ccccc1.O=C(O)c1ccc(Cl)cc1. The monoisotopic (exact) mass is 440 g/mol. The van der Waals surface area contributed by atoms with Gasteiger partial charge in [-0.25, -0.2) is 4.79 Å². The third-order valence-corrected chi connectivity index (χ3v) is 3.99. The number of aromatic carboxylic acids is 1. The number of rotatable bonds is 5. The smallest absolute Gasteiger partial charge is 0.335 e. The van der Waals surface area contributed by atoms with E-state index >= 15 is 0 Å². The van der Waals surface area contributed by atoms with E-state index in [2.05, 4.69) is 17.4 Å². The van der Waals surface area contributed by atoms with Crippen LogP contribution < -0.4 is 11.1 Å². The molecular weight excluding hydrogens is 416 g/mol. The molecule has 0 radical (unpaired) electrons. The third-order valence-electron chi connectivity index (χ3n) is 3.73. The second-order valence-electron chi connectivity index (χ2n) is 6.26. The highest BCUT2D eigenvalue weighted by atomic mass is 35.5. The van der Waals surface area contributed by atoms with Crippen molar-refractivity contribution in [2.75, 3.05) is 11.9 Å². The summed E-state index contributed by atoms with van der Waals surface area (Å²) >= 11 is 5.52. The Morgan fingerprint density at radius 2 is 1.55 bits per heavy atom. The van der Waals surface area contributed by atoms with Crippen molar-refractivity contribution in [3.05, 3.63) is 101 Å². The largest absolute Gasteiger partial charge is 0.478 e. The van der Waals surface area contributed by atoms with E-state index in [1.54, 1.807) is 36.4 Å². The first-order valence-corrected chi connectivity index (χ1v) is 9.79. The number of benzene rings is 3. The number of carboxylic acid groups (broad SMARTS) is 1. The van der Waals surface area contributed by atoms with Crippen LogP contribution >= 0.6 is 11.6 Å². The molecule has 6 nitrogen and oxygen atoms in total. The van der Waals surface area contributed by atoms with Crippen LogP contribution in [0.1, 0.15) is 33.2 Å². The summed E-state index contributed by atoms with van der Waals surface area (Å²) in [6.45, 7) is 2.18. The molecule has 0 aliphatic rings. The molecule has 0 unspecified atom stereocenters. The van der Waals surface area contributed by atoms with Crippen molar-refractivity contribution < 1.29 is 19.5 Å². The van der Waals surface area contributed by atoms with Crippen LogP contribution in [0.25, 0.3) is 0 Å². The van der Waals surface area contributed by atoms with Crippen molar-refractivity contribution in [2.24, 2.45) is 5.73 Å². The molecule has 1 amide bonds. The van der Waals surface area contributed by atoms with Gasteiger partial charge in [0, 0.05) is 23.2 Å². The first kappa shape index (κ1) is 25.6. The number of amides is 1. The van der Waals surface area contributed by atoms with Gasteiger partial charge in [0.2, 0.25) is 5.91 Å². The lowest BCUT2D eigenvalue weighted by molar-refractivity contribution is -0.114. The Morgan fingerprint density at radius 1 is 0.968 bits per heavy atom. The van der Waals surface area contributed by atoms with E-state index in [9.17, 15) is 14.4 Å². The molecule has 3 aromatic carbocycles. The van der Waals surface area contributed by atoms with Crippen molar-refractivity contribution in [3.8, 4) is 0 Å². The van der Waals surface area contributed by atoms with Crippen LogP contribution in [0, 0.1) is 0 Å². The third kappa shape index (κ3) is 11.3. The van der Waals surface area contributed by atoms with Crippen LogP contribution in [0.15, 0.2) is 78.9 Å². The minimum absolute atomic E-state index is 0.117. The maximum Gasteiger partial charge on any atom is 0.335 e. The van der Waals surface area contributed by atoms with E-state index in [-0.39, 0.29) is 11.5 Å². The fourth-order valence-corrected chi connectivity index (χ4v) is 2.38. The molecule has 3 aromatic rings. The number of anilines is 1. The zero-order chi connectivity index (χ0) is 23.1. The Labute approximate surface area is 186 Å². The number of hydrogen-bond donors (Lipinski definition) is 3. The summed E-state index contributed by atoms with van der Waals surface area (Å²) in [6.07, 6.45) is 1.75. The van der Waals surface area contributed by atoms with E-state index < -0.39 is 5.97 Å². The summed E-state index contributed by atoms with van der Waals surface area (Å²) in [7, 11) is 0. The first-order chi connectivity index (χ1) is 14.8. The van der Waals surface area contributed by atoms with E-state index in [4.69, 9.17) is 22.4 Å². The van der Waals surface area contributed by atoms with E-state index in [0.717, 1.165) is 19.3 Å². The van der Waals surface area contributed by atoms with Gasteiger partial charge >= 0.3 is 5.97 Å². The number of aldehydes is 1. The molecule has 0 aliphatic carbocycles. The predicted octanol–water partition coefficient (Wildman–Crippen LogP) is 4.68. The summed E-state index contributed by atoms with van der Waals surface area (Å²) < 4.78 is 0. The number of carbonyl (C=O) groups excluding carboxylic acids is 2. The Bertz CT molecular complexity index is 944. The number of hydrogen-bond acceptors (Lipinski definition) is 4. The molecule has 4 N–H and O–H groups in total. The fourth-order valence-electron chi connectivity index (χ4n) is 2.25. The van der Waals surface area contributed by atoms with Gasteiger partial charge in [0.15, 0.2) is 0 Å². The molecule has 162 valence electrons. The van der Waals surface area contributed by atoms with Crippen LogP contribution in [0.2, 0.25) is 5.02 Å². The summed E-state index contributed by atoms with van der Waals surface area (Å²) in [4.78, 5) is 31.1. The summed E-state index contributed by atoms with van der Waals surface area (Å²) in [5.41, 5.74) is 8.24. The molecule has 31 heavy (non-hydrogen) atoms. The lowest BCUT2D eigenvalue weighted by Crippen LogP contribution is -2.05. The highest BCUT2D eigenvalue weighted by Gasteiger charge is 1.99. The predicted molar refractivity (Wildman–Crippen MR) is 124 cm³/mol. The van der Waals surface area contributed by atoms with Gasteiger partial charge in [-0.1, -0.05) is 41.9 Å².